The number of hydrogen-bond acceptors (Lipinski definition) is 3. The molecule has 0 aromatic rings. The van der Waals surface area contributed by atoms with E-state index in [1.807, 2.05) is 0 Å². The summed E-state index contributed by atoms with van der Waals surface area (Å²) in [6.45, 7) is 1.64. The van der Waals surface area contributed by atoms with Crippen LogP contribution in [0.1, 0.15) is 13.3 Å². The van der Waals surface area contributed by atoms with Crippen LogP contribution in [-0.4, -0.2) is 11.8 Å². The van der Waals surface area contributed by atoms with Crippen molar-refractivity contribution in [1.29, 1.82) is 0 Å². The summed E-state index contributed by atoms with van der Waals surface area (Å²) in [5.74, 6) is -0.699. The highest BCUT2D eigenvalue weighted by Gasteiger charge is 2.18. The van der Waals surface area contributed by atoms with Crippen molar-refractivity contribution in [1.82, 2.24) is 0 Å². The molecular weight excluding hydrogens is 120 g/mol. The molecule has 0 atom stereocenters. The zero-order valence-electron chi connectivity index (χ0n) is 5.01. The summed E-state index contributed by atoms with van der Waals surface area (Å²) in [7, 11) is 0. The fourth-order valence-electron chi connectivity index (χ4n) is 0.565. The third kappa shape index (κ3) is 1.16. The average Bonchev–Trinajstić information content (AvgIpc) is 1.80. The van der Waals surface area contributed by atoms with E-state index in [4.69, 9.17) is 0 Å². The van der Waals surface area contributed by atoms with Crippen molar-refractivity contribution in [3.8, 4) is 0 Å². The number of cyclic esters (lactones) is 1. The predicted molar refractivity (Wildman–Crippen MR) is 29.5 cm³/mol. The maximum atomic E-state index is 10.4. The van der Waals surface area contributed by atoms with E-state index >= 15 is 0 Å². The molecule has 0 fully saturated rings. The SMILES string of the molecule is CC1=CCC(=O)C(=O)O1. The first-order valence-electron chi connectivity index (χ1n) is 2.62. The second-order valence-corrected chi connectivity index (χ2v) is 1.83. The van der Waals surface area contributed by atoms with Crippen molar-refractivity contribution in [2.24, 2.45) is 0 Å². The third-order valence-corrected chi connectivity index (χ3v) is 1.06. The minimum absolute atomic E-state index is 0.185. The maximum Gasteiger partial charge on any atom is 0.379 e. The lowest BCUT2D eigenvalue weighted by Gasteiger charge is -2.06. The summed E-state index contributed by atoms with van der Waals surface area (Å²) < 4.78 is 4.47. The Morgan fingerprint density at radius 1 is 1.56 bits per heavy atom. The van der Waals surface area contributed by atoms with Gasteiger partial charge < -0.3 is 4.74 Å². The van der Waals surface area contributed by atoms with E-state index in [1.165, 1.54) is 0 Å². The lowest BCUT2D eigenvalue weighted by molar-refractivity contribution is -0.151. The van der Waals surface area contributed by atoms with Crippen LogP contribution in [0.25, 0.3) is 0 Å². The van der Waals surface area contributed by atoms with E-state index in [0.29, 0.717) is 5.76 Å². The Hall–Kier alpha value is -1.12. The number of carbonyl (C=O) groups is 2. The fraction of sp³-hybridized carbons (Fsp3) is 0.333. The predicted octanol–water partition coefficient (Wildman–Crippen LogP) is 0.406. The van der Waals surface area contributed by atoms with Gasteiger partial charge in [-0.3, -0.25) is 4.79 Å². The molecule has 0 saturated heterocycles. The fourth-order valence-corrected chi connectivity index (χ4v) is 0.565. The molecule has 0 radical (unpaired) electrons. The minimum Gasteiger partial charge on any atom is -0.426 e. The van der Waals surface area contributed by atoms with Gasteiger partial charge in [0.15, 0.2) is 0 Å². The van der Waals surface area contributed by atoms with E-state index in [1.54, 1.807) is 13.0 Å². The zero-order valence-corrected chi connectivity index (χ0v) is 5.01. The van der Waals surface area contributed by atoms with Crippen LogP contribution in [0.4, 0.5) is 0 Å². The molecule has 9 heavy (non-hydrogen) atoms. The molecule has 0 spiro atoms. The molecular formula is C6H6O3. The van der Waals surface area contributed by atoms with Crippen LogP contribution < -0.4 is 0 Å². The average molecular weight is 126 g/mol. The Balaban J connectivity index is 2.77. The van der Waals surface area contributed by atoms with Crippen LogP contribution >= 0.6 is 0 Å². The number of ketones is 1. The van der Waals surface area contributed by atoms with Gasteiger partial charge in [-0.15, -0.1) is 0 Å². The van der Waals surface area contributed by atoms with Gasteiger partial charge in [0, 0.05) is 6.42 Å². The van der Waals surface area contributed by atoms with Crippen molar-refractivity contribution in [2.75, 3.05) is 0 Å². The Kier molecular flexibility index (Phi) is 1.34. The van der Waals surface area contributed by atoms with Crippen LogP contribution in [0.5, 0.6) is 0 Å². The summed E-state index contributed by atoms with van der Waals surface area (Å²) >= 11 is 0. The van der Waals surface area contributed by atoms with Crippen molar-refractivity contribution in [3.05, 3.63) is 11.8 Å². The molecule has 0 aromatic carbocycles. The smallest absolute Gasteiger partial charge is 0.379 e. The molecule has 3 nitrogen and oxygen atoms in total. The first-order valence-corrected chi connectivity index (χ1v) is 2.62. The number of rotatable bonds is 0. The molecule has 0 unspecified atom stereocenters. The highest BCUT2D eigenvalue weighted by Crippen LogP contribution is 2.06. The first-order chi connectivity index (χ1) is 4.20. The van der Waals surface area contributed by atoms with Crippen LogP contribution in [0.2, 0.25) is 0 Å². The number of Topliss-reactive ketones (excluding diaryl/α,β-unsaturated/α-hetero) is 1. The van der Waals surface area contributed by atoms with E-state index in [2.05, 4.69) is 4.74 Å². The molecule has 0 bridgehead atoms. The topological polar surface area (TPSA) is 43.4 Å². The molecule has 1 aliphatic heterocycles. The molecule has 0 saturated carbocycles. The normalized spacial score (nSPS) is 19.0. The van der Waals surface area contributed by atoms with Crippen molar-refractivity contribution < 1.29 is 14.3 Å². The summed E-state index contributed by atoms with van der Waals surface area (Å²) in [4.78, 5) is 20.8. The lowest BCUT2D eigenvalue weighted by atomic mass is 10.2. The van der Waals surface area contributed by atoms with Crippen LogP contribution in [0.3, 0.4) is 0 Å². The highest BCUT2D eigenvalue weighted by atomic mass is 16.5. The van der Waals surface area contributed by atoms with Crippen molar-refractivity contribution in [2.45, 2.75) is 13.3 Å². The Morgan fingerprint density at radius 3 is 2.67 bits per heavy atom. The molecule has 0 amide bonds. The summed E-state index contributed by atoms with van der Waals surface area (Å²) in [5.41, 5.74) is 0. The van der Waals surface area contributed by atoms with E-state index in [-0.39, 0.29) is 6.42 Å². The number of carbonyl (C=O) groups excluding carboxylic acids is 2. The van der Waals surface area contributed by atoms with Gasteiger partial charge in [-0.25, -0.2) is 4.79 Å². The number of ether oxygens (including phenoxy) is 1. The number of allylic oxidation sites excluding steroid dienone is 2. The number of hydrogen-bond donors (Lipinski definition) is 0. The molecule has 1 aliphatic rings. The van der Waals surface area contributed by atoms with E-state index in [0.717, 1.165) is 0 Å². The van der Waals surface area contributed by atoms with E-state index in [9.17, 15) is 9.59 Å². The Bertz CT molecular complexity index is 190. The highest BCUT2D eigenvalue weighted by molar-refractivity contribution is 6.34. The molecule has 1 rings (SSSR count). The molecule has 48 valence electrons. The van der Waals surface area contributed by atoms with Gasteiger partial charge in [0.05, 0.1) is 0 Å². The quantitative estimate of drug-likeness (QED) is 0.348. The molecule has 0 aliphatic carbocycles. The van der Waals surface area contributed by atoms with Gasteiger partial charge in [0.2, 0.25) is 5.78 Å². The standard InChI is InChI=1S/C6H6O3/c1-4-2-3-5(7)6(8)9-4/h2H,3H2,1H3. The van der Waals surface area contributed by atoms with Gasteiger partial charge >= 0.3 is 5.97 Å². The van der Waals surface area contributed by atoms with Gasteiger partial charge in [-0.2, -0.15) is 0 Å². The minimum atomic E-state index is -0.741. The van der Waals surface area contributed by atoms with Gasteiger partial charge in [0.25, 0.3) is 0 Å². The molecule has 1 heterocycles. The maximum absolute atomic E-state index is 10.4. The number of esters is 1. The summed E-state index contributed by atoms with van der Waals surface area (Å²) in [6.07, 6.45) is 1.77. The zero-order chi connectivity index (χ0) is 6.85. The summed E-state index contributed by atoms with van der Waals surface area (Å²) in [6, 6.07) is 0. The van der Waals surface area contributed by atoms with Gasteiger partial charge in [-0.1, -0.05) is 0 Å². The van der Waals surface area contributed by atoms with Gasteiger partial charge in [0.1, 0.15) is 5.76 Å². The lowest BCUT2D eigenvalue weighted by Crippen LogP contribution is -2.19. The van der Waals surface area contributed by atoms with Crippen LogP contribution in [0, 0.1) is 0 Å². The Morgan fingerprint density at radius 2 is 2.22 bits per heavy atom. The first kappa shape index (κ1) is 6.01. The van der Waals surface area contributed by atoms with Crippen LogP contribution in [-0.2, 0) is 14.3 Å². The van der Waals surface area contributed by atoms with Crippen molar-refractivity contribution in [3.63, 3.8) is 0 Å². The second kappa shape index (κ2) is 2.01. The second-order valence-electron chi connectivity index (χ2n) is 1.83. The molecule has 0 aromatic heterocycles. The molecule has 0 N–H and O–H groups in total. The monoisotopic (exact) mass is 126 g/mol. The Labute approximate surface area is 52.3 Å². The van der Waals surface area contributed by atoms with Crippen LogP contribution in [0.15, 0.2) is 11.8 Å². The van der Waals surface area contributed by atoms with Gasteiger partial charge in [-0.05, 0) is 13.0 Å². The largest absolute Gasteiger partial charge is 0.426 e. The van der Waals surface area contributed by atoms with Crippen molar-refractivity contribution >= 4 is 11.8 Å². The third-order valence-electron chi connectivity index (χ3n) is 1.06. The van der Waals surface area contributed by atoms with E-state index < -0.39 is 11.8 Å². The summed E-state index contributed by atoms with van der Waals surface area (Å²) in [5, 5.41) is 0. The molecule has 3 heteroatoms.